The van der Waals surface area contributed by atoms with Crippen LogP contribution in [0.15, 0.2) is 6.07 Å². The summed E-state index contributed by atoms with van der Waals surface area (Å²) < 4.78 is 28.9. The van der Waals surface area contributed by atoms with Crippen molar-refractivity contribution >= 4 is 60.5 Å². The van der Waals surface area contributed by atoms with E-state index in [1.54, 1.807) is 37.3 Å². The highest BCUT2D eigenvalue weighted by Gasteiger charge is 2.40. The van der Waals surface area contributed by atoms with Crippen LogP contribution in [0, 0.1) is 0 Å². The molecule has 0 amide bonds. The van der Waals surface area contributed by atoms with Gasteiger partial charge in [-0.1, -0.05) is 50.4 Å². The fourth-order valence-corrected chi connectivity index (χ4v) is 14.1. The molecule has 1 aromatic rings. The third kappa shape index (κ3) is 9.69. The lowest BCUT2D eigenvalue weighted by atomic mass is 10.0. The Morgan fingerprint density at radius 2 is 1.50 bits per heavy atom. The predicted molar refractivity (Wildman–Crippen MR) is 187 cm³/mol. The second kappa shape index (κ2) is 18.5. The Morgan fingerprint density at radius 3 is 1.95 bits per heavy atom. The van der Waals surface area contributed by atoms with Crippen molar-refractivity contribution in [1.29, 1.82) is 0 Å². The van der Waals surface area contributed by atoms with Crippen LogP contribution in [0.3, 0.4) is 0 Å². The van der Waals surface area contributed by atoms with E-state index in [4.69, 9.17) is 22.1 Å². The van der Waals surface area contributed by atoms with Crippen LogP contribution in [0.5, 0.6) is 0 Å². The van der Waals surface area contributed by atoms with Gasteiger partial charge in [0.25, 0.3) is 0 Å². The summed E-state index contributed by atoms with van der Waals surface area (Å²) in [5, 5.41) is 7.09. The Kier molecular flexibility index (Phi) is 17.5. The van der Waals surface area contributed by atoms with Gasteiger partial charge in [-0.3, -0.25) is 0 Å². The second-order valence-corrected chi connectivity index (χ2v) is 26.1. The SMILES string of the molecule is CCN(CC)c1c(C(C)[Si](C)(OC)OC)cc([SiH](C)C)c(CC[SiH2]CNCCC[Si](OC)(OC)OC)c1[SiH](C)C. The van der Waals surface area contributed by atoms with Gasteiger partial charge >= 0.3 is 17.4 Å². The highest BCUT2D eigenvalue weighted by atomic mass is 28.4. The average molecular weight is 647 g/mol. The lowest BCUT2D eigenvalue weighted by molar-refractivity contribution is 0.123. The van der Waals surface area contributed by atoms with E-state index in [2.05, 4.69) is 69.8 Å². The molecule has 7 nitrogen and oxygen atoms in total. The number of rotatable bonds is 21. The Balaban J connectivity index is 3.24. The third-order valence-electron chi connectivity index (χ3n) is 8.66. The third-order valence-corrected chi connectivity index (χ3v) is 20.1. The molecule has 0 saturated heterocycles. The van der Waals surface area contributed by atoms with E-state index < -0.39 is 35.0 Å². The van der Waals surface area contributed by atoms with Gasteiger partial charge in [-0.05, 0) is 62.3 Å². The summed E-state index contributed by atoms with van der Waals surface area (Å²) in [7, 11) is 1.55. The summed E-state index contributed by atoms with van der Waals surface area (Å²) in [6.45, 7) is 22.3. The van der Waals surface area contributed by atoms with Crippen molar-refractivity contribution in [2.75, 3.05) is 66.3 Å². The number of anilines is 1. The normalized spacial score (nSPS) is 13.8. The molecule has 0 spiro atoms. The van der Waals surface area contributed by atoms with Crippen LogP contribution in [0.4, 0.5) is 5.69 Å². The molecule has 0 bridgehead atoms. The van der Waals surface area contributed by atoms with Crippen LogP contribution in [0.2, 0.25) is 44.8 Å². The molecule has 40 heavy (non-hydrogen) atoms. The topological polar surface area (TPSA) is 61.4 Å². The standard InChI is InChI=1S/C28H62N2O5Si5/c1-14-30(15-2)27-25(23(3)39(13,31-4)32-5)21-26(37(9)10)24(28(27)38(11)12)17-19-36-22-29-18-16-20-40(33-6,34-7)35-8/h21,23,29,37-38H,14-20,22,36H2,1-13H3. The molecule has 0 aliphatic rings. The molecule has 0 radical (unpaired) electrons. The van der Waals surface area contributed by atoms with Crippen molar-refractivity contribution in [3.8, 4) is 0 Å². The molecule has 234 valence electrons. The first kappa shape index (κ1) is 37.9. The van der Waals surface area contributed by atoms with Gasteiger partial charge in [0.05, 0.1) is 17.6 Å². The molecule has 0 heterocycles. The van der Waals surface area contributed by atoms with Gasteiger partial charge in [-0.15, -0.1) is 0 Å². The van der Waals surface area contributed by atoms with Crippen LogP contribution < -0.4 is 20.6 Å². The van der Waals surface area contributed by atoms with E-state index >= 15 is 0 Å². The van der Waals surface area contributed by atoms with Gasteiger partial charge in [-0.25, -0.2) is 0 Å². The average Bonchev–Trinajstić information content (AvgIpc) is 2.96. The van der Waals surface area contributed by atoms with Gasteiger partial charge in [0.15, 0.2) is 0 Å². The highest BCUT2D eigenvalue weighted by molar-refractivity contribution is 6.76. The first-order chi connectivity index (χ1) is 19.0. The zero-order chi connectivity index (χ0) is 30.5. The monoisotopic (exact) mass is 646 g/mol. The van der Waals surface area contributed by atoms with Crippen molar-refractivity contribution in [3.63, 3.8) is 0 Å². The number of hydrogen-bond acceptors (Lipinski definition) is 7. The zero-order valence-electron chi connectivity index (χ0n) is 28.2. The van der Waals surface area contributed by atoms with Crippen LogP contribution >= 0.6 is 0 Å². The lowest BCUT2D eigenvalue weighted by Crippen LogP contribution is -2.47. The fraction of sp³-hybridized carbons (Fsp3) is 0.786. The predicted octanol–water partition coefficient (Wildman–Crippen LogP) is 2.87. The van der Waals surface area contributed by atoms with E-state index in [1.165, 1.54) is 29.9 Å². The minimum atomic E-state index is -2.46. The van der Waals surface area contributed by atoms with Crippen molar-refractivity contribution in [2.45, 2.75) is 84.0 Å². The Bertz CT molecular complexity index is 858. The maximum absolute atomic E-state index is 6.09. The van der Waals surface area contributed by atoms with E-state index in [0.717, 1.165) is 32.1 Å². The van der Waals surface area contributed by atoms with Gasteiger partial charge in [0.1, 0.15) is 0 Å². The summed E-state index contributed by atoms with van der Waals surface area (Å²) in [4.78, 5) is 2.62. The van der Waals surface area contributed by atoms with Crippen LogP contribution in [0.25, 0.3) is 0 Å². The van der Waals surface area contributed by atoms with E-state index in [0.29, 0.717) is 0 Å². The first-order valence-corrected chi connectivity index (χ1v) is 27.5. The summed E-state index contributed by atoms with van der Waals surface area (Å²) in [6, 6.07) is 4.80. The molecule has 1 aromatic carbocycles. The summed E-state index contributed by atoms with van der Waals surface area (Å²) in [5.74, 6) is 0. The molecule has 0 aromatic heterocycles. The second-order valence-electron chi connectivity index (χ2n) is 11.5. The van der Waals surface area contributed by atoms with Crippen molar-refractivity contribution in [3.05, 3.63) is 17.2 Å². The van der Waals surface area contributed by atoms with Crippen LogP contribution in [0.1, 0.15) is 43.9 Å². The summed E-state index contributed by atoms with van der Waals surface area (Å²) >= 11 is 0. The summed E-state index contributed by atoms with van der Waals surface area (Å²) in [6.07, 6.45) is 3.42. The number of nitrogens with one attached hydrogen (secondary N) is 1. The molecule has 1 N–H and O–H groups in total. The zero-order valence-corrected chi connectivity index (χ0v) is 33.9. The lowest BCUT2D eigenvalue weighted by Gasteiger charge is -2.37. The van der Waals surface area contributed by atoms with Crippen molar-refractivity contribution in [1.82, 2.24) is 5.32 Å². The van der Waals surface area contributed by atoms with E-state index in [1.807, 2.05) is 14.2 Å². The van der Waals surface area contributed by atoms with Gasteiger partial charge in [0, 0.05) is 75.4 Å². The van der Waals surface area contributed by atoms with Crippen molar-refractivity contribution < 1.29 is 22.1 Å². The molecule has 1 unspecified atom stereocenters. The van der Waals surface area contributed by atoms with E-state index in [-0.39, 0.29) is 15.1 Å². The molecule has 0 aliphatic carbocycles. The molecule has 1 atom stereocenters. The van der Waals surface area contributed by atoms with Crippen molar-refractivity contribution in [2.24, 2.45) is 0 Å². The Morgan fingerprint density at radius 1 is 0.925 bits per heavy atom. The fourth-order valence-electron chi connectivity index (χ4n) is 5.80. The van der Waals surface area contributed by atoms with Gasteiger partial charge in [-0.2, -0.15) is 0 Å². The largest absolute Gasteiger partial charge is 0.500 e. The van der Waals surface area contributed by atoms with Crippen LogP contribution in [-0.2, 0) is 28.6 Å². The highest BCUT2D eigenvalue weighted by Crippen LogP contribution is 2.35. The molecule has 12 heteroatoms. The summed E-state index contributed by atoms with van der Waals surface area (Å²) in [5.41, 5.74) is 4.96. The molecule has 0 fully saturated rings. The number of nitrogens with zero attached hydrogens (tertiary/aromatic N) is 1. The minimum Gasteiger partial charge on any atom is -0.397 e. The quantitative estimate of drug-likeness (QED) is 0.163. The number of hydrogen-bond donors (Lipinski definition) is 1. The molecule has 0 saturated carbocycles. The van der Waals surface area contributed by atoms with Gasteiger partial charge < -0.3 is 32.3 Å². The van der Waals surface area contributed by atoms with E-state index in [9.17, 15) is 0 Å². The Labute approximate surface area is 254 Å². The van der Waals surface area contributed by atoms with Gasteiger partial charge in [0.2, 0.25) is 0 Å². The minimum absolute atomic E-state index is 0.198. The van der Waals surface area contributed by atoms with Crippen LogP contribution in [-0.4, -0.2) is 106 Å². The number of benzene rings is 1. The maximum atomic E-state index is 6.09. The smallest absolute Gasteiger partial charge is 0.397 e. The molecular weight excluding hydrogens is 585 g/mol. The Hall–Kier alpha value is -0.136. The molecule has 0 aliphatic heterocycles. The maximum Gasteiger partial charge on any atom is 0.500 e. The molecule has 1 rings (SSSR count). The first-order valence-electron chi connectivity index (χ1n) is 15.4. The molecular formula is C28H62N2O5Si5.